The molecule has 22 heavy (non-hydrogen) atoms. The summed E-state index contributed by atoms with van der Waals surface area (Å²) < 4.78 is 0. The summed E-state index contributed by atoms with van der Waals surface area (Å²) >= 11 is 0. The molecular weight excluding hydrogens is 278 g/mol. The van der Waals surface area contributed by atoms with E-state index in [1.54, 1.807) is 0 Å². The van der Waals surface area contributed by atoms with Crippen molar-refractivity contribution in [1.82, 2.24) is 5.32 Å². The van der Waals surface area contributed by atoms with Crippen LogP contribution in [0.3, 0.4) is 0 Å². The zero-order chi connectivity index (χ0) is 16.2. The Morgan fingerprint density at radius 3 is 2.59 bits per heavy atom. The first-order chi connectivity index (χ1) is 10.5. The number of aliphatic carboxylic acids is 1. The lowest BCUT2D eigenvalue weighted by molar-refractivity contribution is -0.149. The highest BCUT2D eigenvalue weighted by Gasteiger charge is 2.36. The second kappa shape index (κ2) is 6.95. The molecule has 0 spiro atoms. The van der Waals surface area contributed by atoms with Gasteiger partial charge < -0.3 is 10.4 Å². The highest BCUT2D eigenvalue weighted by atomic mass is 16.4. The van der Waals surface area contributed by atoms with Crippen LogP contribution >= 0.6 is 0 Å². The predicted octanol–water partition coefficient (Wildman–Crippen LogP) is 3.11. The molecule has 1 unspecified atom stereocenters. The van der Waals surface area contributed by atoms with Gasteiger partial charge in [0, 0.05) is 6.54 Å². The monoisotopic (exact) mass is 303 g/mol. The van der Waals surface area contributed by atoms with Gasteiger partial charge in [-0.3, -0.25) is 9.59 Å². The lowest BCUT2D eigenvalue weighted by Crippen LogP contribution is -2.44. The molecule has 0 radical (unpaired) electrons. The number of nitrogens with one attached hydrogen (secondary N) is 1. The number of aryl methyl sites for hydroxylation is 1. The van der Waals surface area contributed by atoms with Gasteiger partial charge in [-0.05, 0) is 43.2 Å². The summed E-state index contributed by atoms with van der Waals surface area (Å²) in [6.07, 6.45) is 3.88. The molecule has 1 aromatic rings. The van der Waals surface area contributed by atoms with Gasteiger partial charge in [0.05, 0.1) is 11.3 Å². The highest BCUT2D eigenvalue weighted by Crippen LogP contribution is 2.32. The van der Waals surface area contributed by atoms with Gasteiger partial charge in [0.2, 0.25) is 5.91 Å². The number of fused-ring (bicyclic) bond motifs is 1. The molecule has 1 amide bonds. The van der Waals surface area contributed by atoms with Gasteiger partial charge in [0.25, 0.3) is 0 Å². The smallest absolute Gasteiger partial charge is 0.311 e. The Hall–Kier alpha value is -1.84. The first-order valence-electron chi connectivity index (χ1n) is 8.13. The predicted molar refractivity (Wildman–Crippen MR) is 85.8 cm³/mol. The quantitative estimate of drug-likeness (QED) is 0.848. The first-order valence-corrected chi connectivity index (χ1v) is 8.13. The van der Waals surface area contributed by atoms with Crippen LogP contribution in [0.2, 0.25) is 0 Å². The van der Waals surface area contributed by atoms with Crippen LogP contribution in [0.5, 0.6) is 0 Å². The molecule has 120 valence electrons. The number of carboxylic acids is 1. The van der Waals surface area contributed by atoms with Crippen molar-refractivity contribution >= 4 is 11.9 Å². The summed E-state index contributed by atoms with van der Waals surface area (Å²) in [5.41, 5.74) is 1.48. The van der Waals surface area contributed by atoms with Crippen molar-refractivity contribution in [3.63, 3.8) is 0 Å². The van der Waals surface area contributed by atoms with E-state index in [9.17, 15) is 14.7 Å². The van der Waals surface area contributed by atoms with Crippen molar-refractivity contribution in [2.45, 2.75) is 51.9 Å². The van der Waals surface area contributed by atoms with Crippen molar-refractivity contribution in [2.24, 2.45) is 5.41 Å². The zero-order valence-corrected chi connectivity index (χ0v) is 13.4. The maximum absolute atomic E-state index is 12.6. The summed E-state index contributed by atoms with van der Waals surface area (Å²) in [7, 11) is 0. The maximum atomic E-state index is 12.6. The van der Waals surface area contributed by atoms with Crippen LogP contribution in [0.4, 0.5) is 0 Å². The number of carbonyl (C=O) groups is 2. The Balaban J connectivity index is 2.09. The summed E-state index contributed by atoms with van der Waals surface area (Å²) in [6, 6.07) is 8.06. The van der Waals surface area contributed by atoms with E-state index in [0.29, 0.717) is 12.8 Å². The fourth-order valence-electron chi connectivity index (χ4n) is 3.28. The number of benzene rings is 1. The van der Waals surface area contributed by atoms with E-state index >= 15 is 0 Å². The van der Waals surface area contributed by atoms with Crippen LogP contribution in [-0.4, -0.2) is 23.5 Å². The fourth-order valence-corrected chi connectivity index (χ4v) is 3.28. The van der Waals surface area contributed by atoms with Gasteiger partial charge in [-0.25, -0.2) is 0 Å². The lowest BCUT2D eigenvalue weighted by Gasteiger charge is -2.29. The summed E-state index contributed by atoms with van der Waals surface area (Å²) in [4.78, 5) is 24.1. The number of rotatable bonds is 6. The second-order valence-electron chi connectivity index (χ2n) is 6.15. The van der Waals surface area contributed by atoms with E-state index in [0.717, 1.165) is 24.8 Å². The molecule has 0 aliphatic heterocycles. The summed E-state index contributed by atoms with van der Waals surface area (Å²) in [5.74, 6) is -1.02. The van der Waals surface area contributed by atoms with Crippen LogP contribution in [0.1, 0.15) is 56.6 Å². The van der Waals surface area contributed by atoms with Gasteiger partial charge in [-0.2, -0.15) is 0 Å². The minimum Gasteiger partial charge on any atom is -0.481 e. The molecule has 1 aliphatic carbocycles. The van der Waals surface area contributed by atoms with Gasteiger partial charge in [0.1, 0.15) is 0 Å². The Labute approximate surface area is 131 Å². The Kier molecular flexibility index (Phi) is 5.22. The molecule has 1 atom stereocenters. The van der Waals surface area contributed by atoms with Gasteiger partial charge in [-0.1, -0.05) is 38.1 Å². The topological polar surface area (TPSA) is 66.4 Å². The number of carbonyl (C=O) groups excluding carboxylic acids is 1. The van der Waals surface area contributed by atoms with Crippen molar-refractivity contribution in [1.29, 1.82) is 0 Å². The van der Waals surface area contributed by atoms with E-state index in [1.165, 1.54) is 5.56 Å². The third-order valence-electron chi connectivity index (χ3n) is 5.09. The van der Waals surface area contributed by atoms with E-state index in [2.05, 4.69) is 11.4 Å². The zero-order valence-electron chi connectivity index (χ0n) is 13.4. The van der Waals surface area contributed by atoms with Crippen LogP contribution in [0.15, 0.2) is 24.3 Å². The molecule has 4 heteroatoms. The fraction of sp³-hybridized carbons (Fsp3) is 0.556. The number of hydrogen-bond donors (Lipinski definition) is 2. The van der Waals surface area contributed by atoms with E-state index in [4.69, 9.17) is 0 Å². The van der Waals surface area contributed by atoms with Gasteiger partial charge >= 0.3 is 5.97 Å². The van der Waals surface area contributed by atoms with Crippen LogP contribution in [0, 0.1) is 5.41 Å². The third-order valence-corrected chi connectivity index (χ3v) is 5.09. The molecule has 1 aromatic carbocycles. The number of carboxylic acid groups (broad SMARTS) is 1. The average Bonchev–Trinajstić information content (AvgIpc) is 2.55. The number of hydrogen-bond acceptors (Lipinski definition) is 2. The Morgan fingerprint density at radius 1 is 1.27 bits per heavy atom. The van der Waals surface area contributed by atoms with E-state index < -0.39 is 11.4 Å². The SMILES string of the molecule is CCC(CC)(CNC(=O)C1CCCc2ccccc21)C(=O)O. The van der Waals surface area contributed by atoms with Crippen molar-refractivity contribution in [3.05, 3.63) is 35.4 Å². The highest BCUT2D eigenvalue weighted by molar-refractivity contribution is 5.85. The largest absolute Gasteiger partial charge is 0.481 e. The van der Waals surface area contributed by atoms with Crippen LogP contribution < -0.4 is 5.32 Å². The molecule has 2 rings (SSSR count). The Morgan fingerprint density at radius 2 is 1.95 bits per heavy atom. The van der Waals surface area contributed by atoms with Crippen molar-refractivity contribution < 1.29 is 14.7 Å². The van der Waals surface area contributed by atoms with E-state index in [1.807, 2.05) is 32.0 Å². The molecule has 4 nitrogen and oxygen atoms in total. The van der Waals surface area contributed by atoms with Gasteiger partial charge in [-0.15, -0.1) is 0 Å². The molecule has 2 N–H and O–H groups in total. The minimum absolute atomic E-state index is 0.0420. The van der Waals surface area contributed by atoms with Gasteiger partial charge in [0.15, 0.2) is 0 Å². The molecule has 0 aromatic heterocycles. The Bertz CT molecular complexity index is 549. The number of amides is 1. The van der Waals surface area contributed by atoms with Crippen LogP contribution in [-0.2, 0) is 16.0 Å². The molecule has 0 bridgehead atoms. The molecule has 1 aliphatic rings. The third kappa shape index (κ3) is 3.16. The van der Waals surface area contributed by atoms with Crippen molar-refractivity contribution in [3.8, 4) is 0 Å². The summed E-state index contributed by atoms with van der Waals surface area (Å²) in [6.45, 7) is 3.92. The average molecular weight is 303 g/mol. The normalized spacial score (nSPS) is 17.6. The molecule has 0 heterocycles. The van der Waals surface area contributed by atoms with Crippen molar-refractivity contribution in [2.75, 3.05) is 6.54 Å². The second-order valence-corrected chi connectivity index (χ2v) is 6.15. The first kappa shape index (κ1) is 16.5. The maximum Gasteiger partial charge on any atom is 0.311 e. The lowest BCUT2D eigenvalue weighted by atomic mass is 9.80. The van der Waals surface area contributed by atoms with Crippen LogP contribution in [0.25, 0.3) is 0 Å². The standard InChI is InChI=1S/C18H25NO3/c1-3-18(4-2,17(21)22)12-19-16(20)15-11-7-9-13-8-5-6-10-14(13)15/h5-6,8,10,15H,3-4,7,9,11-12H2,1-2H3,(H,19,20)(H,21,22). The summed E-state index contributed by atoms with van der Waals surface area (Å²) in [5, 5.41) is 12.4. The molecule has 0 saturated carbocycles. The molecule has 0 fully saturated rings. The molecular formula is C18H25NO3. The molecule has 0 saturated heterocycles. The van der Waals surface area contributed by atoms with E-state index in [-0.39, 0.29) is 18.4 Å². The minimum atomic E-state index is -0.857.